The zero-order chi connectivity index (χ0) is 14.4. The molecule has 1 aromatic rings. The molecule has 0 aliphatic heterocycles. The molecular weight excluding hydrogens is 238 g/mol. The molecule has 0 atom stereocenters. The number of carbonyl (C=O) groups is 1. The predicted octanol–water partition coefficient (Wildman–Crippen LogP) is 2.84. The lowest BCUT2D eigenvalue weighted by Gasteiger charge is -2.25. The summed E-state index contributed by atoms with van der Waals surface area (Å²) < 4.78 is 5.10. The maximum atomic E-state index is 12.4. The smallest absolute Gasteiger partial charge is 0.177 e. The minimum atomic E-state index is 0.183. The normalized spacial score (nSPS) is 11.3. The van der Waals surface area contributed by atoms with Crippen LogP contribution in [0.2, 0.25) is 0 Å². The first kappa shape index (κ1) is 15.9. The number of methoxy groups -OCH3 is 1. The summed E-state index contributed by atoms with van der Waals surface area (Å²) in [6, 6.07) is 6.32. The molecule has 0 radical (unpaired) electrons. The standard InChI is InChI=1S/C16H25NO2/c1-12(2)17(8-9-19-5)11-16(18)15-7-6-13(3)10-14(15)4/h6-7,10,12H,8-9,11H2,1-5H3. The maximum absolute atomic E-state index is 12.4. The van der Waals surface area contributed by atoms with E-state index in [1.807, 2.05) is 26.0 Å². The van der Waals surface area contributed by atoms with Gasteiger partial charge in [0, 0.05) is 25.3 Å². The van der Waals surface area contributed by atoms with Gasteiger partial charge in [0.05, 0.1) is 13.2 Å². The van der Waals surface area contributed by atoms with Gasteiger partial charge in [-0.2, -0.15) is 0 Å². The summed E-state index contributed by atoms with van der Waals surface area (Å²) >= 11 is 0. The van der Waals surface area contributed by atoms with E-state index in [1.54, 1.807) is 7.11 Å². The average molecular weight is 263 g/mol. The summed E-state index contributed by atoms with van der Waals surface area (Å²) in [5.74, 6) is 0.183. The van der Waals surface area contributed by atoms with Crippen molar-refractivity contribution in [2.75, 3.05) is 26.8 Å². The number of hydrogen-bond donors (Lipinski definition) is 0. The Kier molecular flexibility index (Phi) is 6.19. The number of nitrogens with zero attached hydrogens (tertiary/aromatic N) is 1. The first-order valence-corrected chi connectivity index (χ1v) is 6.79. The van der Waals surface area contributed by atoms with E-state index in [-0.39, 0.29) is 5.78 Å². The lowest BCUT2D eigenvalue weighted by atomic mass is 10.0. The van der Waals surface area contributed by atoms with Crippen LogP contribution in [0.3, 0.4) is 0 Å². The van der Waals surface area contributed by atoms with E-state index in [9.17, 15) is 4.79 Å². The van der Waals surface area contributed by atoms with Crippen molar-refractivity contribution in [3.05, 3.63) is 34.9 Å². The number of ketones is 1. The van der Waals surface area contributed by atoms with Crippen molar-refractivity contribution in [2.24, 2.45) is 0 Å². The predicted molar refractivity (Wildman–Crippen MR) is 78.8 cm³/mol. The Bertz CT molecular complexity index is 427. The fourth-order valence-corrected chi connectivity index (χ4v) is 2.12. The minimum Gasteiger partial charge on any atom is -0.383 e. The molecule has 19 heavy (non-hydrogen) atoms. The first-order chi connectivity index (χ1) is 8.95. The Balaban J connectivity index is 2.76. The van der Waals surface area contributed by atoms with E-state index in [0.717, 1.165) is 17.7 Å². The minimum absolute atomic E-state index is 0.183. The highest BCUT2D eigenvalue weighted by Gasteiger charge is 2.16. The SMILES string of the molecule is COCCN(CC(=O)c1ccc(C)cc1C)C(C)C. The average Bonchev–Trinajstić information content (AvgIpc) is 2.33. The van der Waals surface area contributed by atoms with Crippen molar-refractivity contribution in [1.82, 2.24) is 4.90 Å². The van der Waals surface area contributed by atoms with Gasteiger partial charge in [-0.25, -0.2) is 0 Å². The van der Waals surface area contributed by atoms with E-state index in [1.165, 1.54) is 5.56 Å². The lowest BCUT2D eigenvalue weighted by molar-refractivity contribution is 0.0851. The third-order valence-electron chi connectivity index (χ3n) is 3.34. The van der Waals surface area contributed by atoms with Crippen LogP contribution < -0.4 is 0 Å². The van der Waals surface area contributed by atoms with Gasteiger partial charge in [-0.05, 0) is 33.3 Å². The van der Waals surface area contributed by atoms with Crippen LogP contribution in [-0.4, -0.2) is 43.5 Å². The van der Waals surface area contributed by atoms with Gasteiger partial charge in [0.15, 0.2) is 5.78 Å². The second kappa shape index (κ2) is 7.41. The molecular formula is C16H25NO2. The molecule has 0 aromatic heterocycles. The fraction of sp³-hybridized carbons (Fsp3) is 0.562. The Labute approximate surface area is 116 Å². The number of aryl methyl sites for hydroxylation is 2. The van der Waals surface area contributed by atoms with Gasteiger partial charge in [-0.15, -0.1) is 0 Å². The van der Waals surface area contributed by atoms with Crippen LogP contribution in [0.4, 0.5) is 0 Å². The number of ether oxygens (including phenoxy) is 1. The third kappa shape index (κ3) is 4.77. The summed E-state index contributed by atoms with van der Waals surface area (Å²) in [7, 11) is 1.68. The van der Waals surface area contributed by atoms with Crippen molar-refractivity contribution >= 4 is 5.78 Å². The van der Waals surface area contributed by atoms with Crippen LogP contribution in [0.25, 0.3) is 0 Å². The van der Waals surface area contributed by atoms with E-state index in [0.29, 0.717) is 19.2 Å². The van der Waals surface area contributed by atoms with Gasteiger partial charge < -0.3 is 4.74 Å². The van der Waals surface area contributed by atoms with Crippen LogP contribution in [0, 0.1) is 13.8 Å². The summed E-state index contributed by atoms with van der Waals surface area (Å²) in [5, 5.41) is 0. The molecule has 106 valence electrons. The Morgan fingerprint density at radius 2 is 2.00 bits per heavy atom. The van der Waals surface area contributed by atoms with Crippen molar-refractivity contribution < 1.29 is 9.53 Å². The second-order valence-electron chi connectivity index (χ2n) is 5.30. The van der Waals surface area contributed by atoms with Gasteiger partial charge in [0.2, 0.25) is 0 Å². The Morgan fingerprint density at radius 3 is 2.53 bits per heavy atom. The summed E-state index contributed by atoms with van der Waals surface area (Å²) in [5.41, 5.74) is 3.07. The van der Waals surface area contributed by atoms with Gasteiger partial charge in [0.1, 0.15) is 0 Å². The van der Waals surface area contributed by atoms with E-state index >= 15 is 0 Å². The van der Waals surface area contributed by atoms with Gasteiger partial charge in [0.25, 0.3) is 0 Å². The van der Waals surface area contributed by atoms with Gasteiger partial charge in [-0.1, -0.05) is 23.8 Å². The molecule has 0 unspecified atom stereocenters. The van der Waals surface area contributed by atoms with Crippen molar-refractivity contribution in [3.63, 3.8) is 0 Å². The summed E-state index contributed by atoms with van der Waals surface area (Å²) in [6.45, 7) is 10.1. The number of hydrogen-bond acceptors (Lipinski definition) is 3. The zero-order valence-electron chi connectivity index (χ0n) is 12.7. The molecule has 1 aromatic carbocycles. The molecule has 0 bridgehead atoms. The number of Topliss-reactive ketones (excluding diaryl/α,β-unsaturated/α-hetero) is 1. The van der Waals surface area contributed by atoms with Crippen molar-refractivity contribution in [3.8, 4) is 0 Å². The van der Waals surface area contributed by atoms with Crippen LogP contribution in [-0.2, 0) is 4.74 Å². The summed E-state index contributed by atoms with van der Waals surface area (Å²) in [4.78, 5) is 14.5. The number of carbonyl (C=O) groups excluding carboxylic acids is 1. The molecule has 0 N–H and O–H groups in total. The first-order valence-electron chi connectivity index (χ1n) is 6.79. The van der Waals surface area contributed by atoms with E-state index in [4.69, 9.17) is 4.74 Å². The van der Waals surface area contributed by atoms with Crippen molar-refractivity contribution in [1.29, 1.82) is 0 Å². The Morgan fingerprint density at radius 1 is 1.32 bits per heavy atom. The third-order valence-corrected chi connectivity index (χ3v) is 3.34. The molecule has 1 rings (SSSR count). The molecule has 3 heteroatoms. The largest absolute Gasteiger partial charge is 0.383 e. The molecule has 0 saturated carbocycles. The lowest BCUT2D eigenvalue weighted by Crippen LogP contribution is -2.38. The molecule has 0 aliphatic carbocycles. The van der Waals surface area contributed by atoms with Gasteiger partial charge >= 0.3 is 0 Å². The van der Waals surface area contributed by atoms with E-state index in [2.05, 4.69) is 24.8 Å². The van der Waals surface area contributed by atoms with Crippen LogP contribution in [0.1, 0.15) is 35.3 Å². The van der Waals surface area contributed by atoms with Crippen LogP contribution >= 0.6 is 0 Å². The molecule has 3 nitrogen and oxygen atoms in total. The number of rotatable bonds is 7. The van der Waals surface area contributed by atoms with Crippen LogP contribution in [0.15, 0.2) is 18.2 Å². The molecule has 0 fully saturated rings. The highest BCUT2D eigenvalue weighted by molar-refractivity contribution is 5.99. The van der Waals surface area contributed by atoms with Crippen LogP contribution in [0.5, 0.6) is 0 Å². The quantitative estimate of drug-likeness (QED) is 0.708. The maximum Gasteiger partial charge on any atom is 0.177 e. The topological polar surface area (TPSA) is 29.5 Å². The molecule has 0 aliphatic rings. The fourth-order valence-electron chi connectivity index (χ4n) is 2.12. The molecule has 0 spiro atoms. The highest BCUT2D eigenvalue weighted by atomic mass is 16.5. The van der Waals surface area contributed by atoms with E-state index < -0.39 is 0 Å². The number of benzene rings is 1. The zero-order valence-corrected chi connectivity index (χ0v) is 12.7. The molecule has 0 amide bonds. The van der Waals surface area contributed by atoms with Gasteiger partial charge in [-0.3, -0.25) is 9.69 Å². The molecule has 0 saturated heterocycles. The second-order valence-corrected chi connectivity index (χ2v) is 5.30. The monoisotopic (exact) mass is 263 g/mol. The van der Waals surface area contributed by atoms with Crippen molar-refractivity contribution in [2.45, 2.75) is 33.7 Å². The Hall–Kier alpha value is -1.19. The molecule has 0 heterocycles. The highest BCUT2D eigenvalue weighted by Crippen LogP contribution is 2.12. The summed E-state index contributed by atoms with van der Waals surface area (Å²) in [6.07, 6.45) is 0.